The van der Waals surface area contributed by atoms with Crippen molar-refractivity contribution in [3.8, 4) is 11.4 Å². The van der Waals surface area contributed by atoms with Crippen LogP contribution < -0.4 is 10.9 Å². The first-order valence-corrected chi connectivity index (χ1v) is 8.56. The summed E-state index contributed by atoms with van der Waals surface area (Å²) in [5.74, 6) is 0.550. The van der Waals surface area contributed by atoms with Crippen LogP contribution in [0.15, 0.2) is 47.5 Å². The minimum Gasteiger partial charge on any atom is -0.319 e. The van der Waals surface area contributed by atoms with Gasteiger partial charge in [0.05, 0.1) is 23.8 Å². The van der Waals surface area contributed by atoms with E-state index in [4.69, 9.17) is 0 Å². The van der Waals surface area contributed by atoms with Gasteiger partial charge in [-0.15, -0.1) is 0 Å². The lowest BCUT2D eigenvalue weighted by molar-refractivity contribution is 0.102. The number of carbonyl (C=O) groups excluding carboxylic acids is 1. The molecule has 1 amide bonds. The number of rotatable bonds is 3. The summed E-state index contributed by atoms with van der Waals surface area (Å²) in [6, 6.07) is 9.52. The summed E-state index contributed by atoms with van der Waals surface area (Å²) in [4.78, 5) is 40.5. The Hall–Kier alpha value is -3.35. The average molecular weight is 363 g/mol. The van der Waals surface area contributed by atoms with Crippen LogP contribution >= 0.6 is 0 Å². The fraction of sp³-hybridized carbons (Fsp3) is 0.250. The van der Waals surface area contributed by atoms with E-state index in [1.807, 2.05) is 51.1 Å². The minimum absolute atomic E-state index is 0.0184. The summed E-state index contributed by atoms with van der Waals surface area (Å²) in [7, 11) is 0. The normalized spacial score (nSPS) is 11.3. The van der Waals surface area contributed by atoms with Crippen LogP contribution in [0.4, 0.5) is 5.69 Å². The smallest absolute Gasteiger partial charge is 0.264 e. The zero-order valence-electron chi connectivity index (χ0n) is 15.7. The van der Waals surface area contributed by atoms with Crippen LogP contribution in [0.5, 0.6) is 0 Å². The number of H-pyrrole nitrogens is 1. The summed E-state index contributed by atoms with van der Waals surface area (Å²) in [5, 5.41) is 2.65. The maximum absolute atomic E-state index is 12.5. The van der Waals surface area contributed by atoms with Crippen LogP contribution in [0.25, 0.3) is 11.4 Å². The third-order valence-electron chi connectivity index (χ3n) is 3.98. The van der Waals surface area contributed by atoms with Crippen molar-refractivity contribution in [1.29, 1.82) is 0 Å². The second kappa shape index (κ2) is 7.11. The van der Waals surface area contributed by atoms with E-state index < -0.39 is 11.5 Å². The van der Waals surface area contributed by atoms with E-state index in [0.717, 1.165) is 5.56 Å². The second-order valence-corrected chi connectivity index (χ2v) is 7.24. The van der Waals surface area contributed by atoms with Crippen LogP contribution in [0.3, 0.4) is 0 Å². The molecule has 0 saturated carbocycles. The summed E-state index contributed by atoms with van der Waals surface area (Å²) in [6.07, 6.45) is 3.02. The predicted molar refractivity (Wildman–Crippen MR) is 104 cm³/mol. The summed E-state index contributed by atoms with van der Waals surface area (Å²) < 4.78 is 0. The fourth-order valence-corrected chi connectivity index (χ4v) is 2.53. The monoisotopic (exact) mass is 363 g/mol. The number of aromatic amines is 1. The van der Waals surface area contributed by atoms with E-state index in [0.29, 0.717) is 23.0 Å². The highest BCUT2D eigenvalue weighted by Gasteiger charge is 2.22. The van der Waals surface area contributed by atoms with Crippen molar-refractivity contribution >= 4 is 11.6 Å². The lowest BCUT2D eigenvalue weighted by Crippen LogP contribution is -2.30. The van der Waals surface area contributed by atoms with Gasteiger partial charge >= 0.3 is 0 Å². The Bertz CT molecular complexity index is 1020. The SMILES string of the molecule is Cc1nc(C(C)(C)C)[nH]c(=O)c1C(=O)Nc1cnc(-c2ccccc2)nc1. The average Bonchev–Trinajstić information content (AvgIpc) is 2.61. The molecule has 138 valence electrons. The van der Waals surface area contributed by atoms with E-state index in [1.165, 1.54) is 12.4 Å². The van der Waals surface area contributed by atoms with Crippen molar-refractivity contribution < 1.29 is 4.79 Å². The zero-order valence-corrected chi connectivity index (χ0v) is 15.7. The lowest BCUT2D eigenvalue weighted by atomic mass is 9.95. The molecule has 0 aliphatic carbocycles. The van der Waals surface area contributed by atoms with Crippen molar-refractivity contribution in [2.45, 2.75) is 33.1 Å². The molecule has 1 aromatic carbocycles. The third kappa shape index (κ3) is 4.08. The molecule has 0 unspecified atom stereocenters. The van der Waals surface area contributed by atoms with Gasteiger partial charge in [0.1, 0.15) is 11.4 Å². The third-order valence-corrected chi connectivity index (χ3v) is 3.98. The molecular weight excluding hydrogens is 342 g/mol. The topological polar surface area (TPSA) is 101 Å². The lowest BCUT2D eigenvalue weighted by Gasteiger charge is -2.18. The Kier molecular flexibility index (Phi) is 4.85. The van der Waals surface area contributed by atoms with Gasteiger partial charge in [-0.2, -0.15) is 0 Å². The quantitative estimate of drug-likeness (QED) is 0.745. The molecule has 0 fully saturated rings. The molecule has 0 saturated heterocycles. The van der Waals surface area contributed by atoms with Gasteiger partial charge in [-0.25, -0.2) is 15.0 Å². The van der Waals surface area contributed by atoms with Gasteiger partial charge in [-0.1, -0.05) is 51.1 Å². The zero-order chi connectivity index (χ0) is 19.6. The molecule has 2 aromatic heterocycles. The number of benzene rings is 1. The molecule has 7 heteroatoms. The Morgan fingerprint density at radius 3 is 2.26 bits per heavy atom. The molecule has 7 nitrogen and oxygen atoms in total. The number of anilines is 1. The number of carbonyl (C=O) groups is 1. The molecule has 3 rings (SSSR count). The standard InChI is InChI=1S/C20H21N5O2/c1-12-15(18(27)25-19(23-12)20(2,3)4)17(26)24-14-10-21-16(22-11-14)13-8-6-5-7-9-13/h5-11H,1-4H3,(H,24,26)(H,23,25,27). The van der Waals surface area contributed by atoms with Crippen molar-refractivity contribution in [1.82, 2.24) is 19.9 Å². The van der Waals surface area contributed by atoms with Gasteiger partial charge in [-0.3, -0.25) is 9.59 Å². The fourth-order valence-electron chi connectivity index (χ4n) is 2.53. The molecule has 0 atom stereocenters. The molecule has 0 aliphatic heterocycles. The van der Waals surface area contributed by atoms with E-state index in [9.17, 15) is 9.59 Å². The molecule has 2 N–H and O–H groups in total. The number of aromatic nitrogens is 4. The first-order chi connectivity index (χ1) is 12.8. The van der Waals surface area contributed by atoms with Gasteiger partial charge in [-0.05, 0) is 6.92 Å². The number of hydrogen-bond donors (Lipinski definition) is 2. The van der Waals surface area contributed by atoms with Gasteiger partial charge in [0.25, 0.3) is 11.5 Å². The number of amides is 1. The summed E-state index contributed by atoms with van der Waals surface area (Å²) in [6.45, 7) is 7.47. The molecule has 0 radical (unpaired) electrons. The summed E-state index contributed by atoms with van der Waals surface area (Å²) in [5.41, 5.74) is 0.855. The van der Waals surface area contributed by atoms with Crippen LogP contribution in [-0.2, 0) is 5.41 Å². The van der Waals surface area contributed by atoms with Gasteiger partial charge in [0.2, 0.25) is 0 Å². The molecule has 0 aliphatic rings. The largest absolute Gasteiger partial charge is 0.319 e. The highest BCUT2D eigenvalue weighted by molar-refractivity contribution is 6.04. The molecule has 0 spiro atoms. The maximum Gasteiger partial charge on any atom is 0.264 e. The van der Waals surface area contributed by atoms with Crippen LogP contribution in [0.2, 0.25) is 0 Å². The van der Waals surface area contributed by atoms with Gasteiger partial charge in [0.15, 0.2) is 5.82 Å². The Morgan fingerprint density at radius 1 is 1.07 bits per heavy atom. The molecular formula is C20H21N5O2. The molecule has 3 aromatic rings. The highest BCUT2D eigenvalue weighted by Crippen LogP contribution is 2.18. The van der Waals surface area contributed by atoms with E-state index in [1.54, 1.807) is 6.92 Å². The Labute approximate surface area is 156 Å². The van der Waals surface area contributed by atoms with Crippen LogP contribution in [-0.4, -0.2) is 25.8 Å². The van der Waals surface area contributed by atoms with Gasteiger partial charge < -0.3 is 10.3 Å². The van der Waals surface area contributed by atoms with Crippen molar-refractivity contribution in [2.24, 2.45) is 0 Å². The number of nitrogens with one attached hydrogen (secondary N) is 2. The summed E-state index contributed by atoms with van der Waals surface area (Å²) >= 11 is 0. The number of hydrogen-bond acceptors (Lipinski definition) is 5. The van der Waals surface area contributed by atoms with E-state index in [2.05, 4.69) is 25.3 Å². The maximum atomic E-state index is 12.5. The van der Waals surface area contributed by atoms with Crippen molar-refractivity contribution in [3.63, 3.8) is 0 Å². The Balaban J connectivity index is 1.83. The first-order valence-electron chi connectivity index (χ1n) is 8.56. The van der Waals surface area contributed by atoms with E-state index in [-0.39, 0.29) is 11.0 Å². The first kappa shape index (κ1) is 18.4. The second-order valence-electron chi connectivity index (χ2n) is 7.24. The van der Waals surface area contributed by atoms with Crippen molar-refractivity contribution in [3.05, 3.63) is 70.2 Å². The Morgan fingerprint density at radius 2 is 1.70 bits per heavy atom. The predicted octanol–water partition coefficient (Wildman–Crippen LogP) is 3.09. The van der Waals surface area contributed by atoms with Crippen LogP contribution in [0.1, 0.15) is 42.6 Å². The molecule has 27 heavy (non-hydrogen) atoms. The van der Waals surface area contributed by atoms with Crippen molar-refractivity contribution in [2.75, 3.05) is 5.32 Å². The highest BCUT2D eigenvalue weighted by atomic mass is 16.2. The van der Waals surface area contributed by atoms with Gasteiger partial charge in [0, 0.05) is 11.0 Å². The minimum atomic E-state index is -0.544. The number of aryl methyl sites for hydroxylation is 1. The van der Waals surface area contributed by atoms with Crippen LogP contribution in [0, 0.1) is 6.92 Å². The number of nitrogens with zero attached hydrogens (tertiary/aromatic N) is 3. The van der Waals surface area contributed by atoms with E-state index >= 15 is 0 Å². The molecule has 2 heterocycles. The molecule has 0 bridgehead atoms.